The first-order valence-electron chi connectivity index (χ1n) is 9.03. The average molecular weight is 354 g/mol. The zero-order valence-electron chi connectivity index (χ0n) is 16.5. The van der Waals surface area contributed by atoms with Crippen molar-refractivity contribution in [1.29, 1.82) is 0 Å². The molecule has 0 radical (unpaired) electrons. The van der Waals surface area contributed by atoms with E-state index in [9.17, 15) is 4.79 Å². The SMILES string of the molecule is CN(C)CCCNC(=O)c1ccc(Nc2ccccc2C(C)(C)C)cn1. The monoisotopic (exact) mass is 354 g/mol. The fourth-order valence-corrected chi connectivity index (χ4v) is 2.69. The van der Waals surface area contributed by atoms with Crippen LogP contribution in [-0.4, -0.2) is 43.0 Å². The predicted octanol–water partition coefficient (Wildman–Crippen LogP) is 3.80. The van der Waals surface area contributed by atoms with E-state index in [-0.39, 0.29) is 11.3 Å². The van der Waals surface area contributed by atoms with Gasteiger partial charge in [0.25, 0.3) is 5.91 Å². The zero-order chi connectivity index (χ0) is 19.2. The van der Waals surface area contributed by atoms with Crippen LogP contribution in [0.25, 0.3) is 0 Å². The van der Waals surface area contributed by atoms with Gasteiger partial charge in [0.05, 0.1) is 11.9 Å². The molecule has 1 heterocycles. The van der Waals surface area contributed by atoms with Crippen molar-refractivity contribution in [3.63, 3.8) is 0 Å². The van der Waals surface area contributed by atoms with Gasteiger partial charge in [-0.3, -0.25) is 4.79 Å². The summed E-state index contributed by atoms with van der Waals surface area (Å²) in [5.74, 6) is -0.134. The molecule has 2 aromatic rings. The molecule has 5 heteroatoms. The second kappa shape index (κ2) is 8.81. The molecule has 0 bridgehead atoms. The number of hydrogen-bond acceptors (Lipinski definition) is 4. The Morgan fingerprint density at radius 1 is 1.12 bits per heavy atom. The molecule has 5 nitrogen and oxygen atoms in total. The summed E-state index contributed by atoms with van der Waals surface area (Å²) in [5.41, 5.74) is 3.64. The van der Waals surface area contributed by atoms with Crippen molar-refractivity contribution in [3.8, 4) is 0 Å². The van der Waals surface area contributed by atoms with Gasteiger partial charge in [-0.15, -0.1) is 0 Å². The smallest absolute Gasteiger partial charge is 0.269 e. The molecule has 0 aliphatic heterocycles. The van der Waals surface area contributed by atoms with Gasteiger partial charge in [-0.1, -0.05) is 39.0 Å². The van der Waals surface area contributed by atoms with Gasteiger partial charge in [-0.2, -0.15) is 0 Å². The van der Waals surface area contributed by atoms with Crippen LogP contribution in [-0.2, 0) is 5.41 Å². The molecule has 26 heavy (non-hydrogen) atoms. The molecule has 0 atom stereocenters. The van der Waals surface area contributed by atoms with Crippen LogP contribution < -0.4 is 10.6 Å². The van der Waals surface area contributed by atoms with Gasteiger partial charge in [0, 0.05) is 12.2 Å². The zero-order valence-corrected chi connectivity index (χ0v) is 16.5. The number of carbonyl (C=O) groups excluding carboxylic acids is 1. The summed E-state index contributed by atoms with van der Waals surface area (Å²) in [6, 6.07) is 11.9. The van der Waals surface area contributed by atoms with Crippen molar-refractivity contribution in [1.82, 2.24) is 15.2 Å². The summed E-state index contributed by atoms with van der Waals surface area (Å²) in [6.07, 6.45) is 2.62. The van der Waals surface area contributed by atoms with Crippen LogP contribution >= 0.6 is 0 Å². The van der Waals surface area contributed by atoms with E-state index in [0.29, 0.717) is 12.2 Å². The minimum Gasteiger partial charge on any atom is -0.354 e. The highest BCUT2D eigenvalue weighted by Crippen LogP contribution is 2.31. The lowest BCUT2D eigenvalue weighted by Crippen LogP contribution is -2.27. The Bertz CT molecular complexity index is 718. The van der Waals surface area contributed by atoms with E-state index in [0.717, 1.165) is 24.3 Å². The molecule has 0 spiro atoms. The lowest BCUT2D eigenvalue weighted by Gasteiger charge is -2.23. The van der Waals surface area contributed by atoms with Crippen molar-refractivity contribution in [3.05, 3.63) is 53.9 Å². The van der Waals surface area contributed by atoms with Crippen LogP contribution in [0, 0.1) is 0 Å². The summed E-state index contributed by atoms with van der Waals surface area (Å²) in [6.45, 7) is 8.17. The molecule has 0 fully saturated rings. The fraction of sp³-hybridized carbons (Fsp3) is 0.429. The van der Waals surface area contributed by atoms with Gasteiger partial charge in [0.1, 0.15) is 5.69 Å². The Hall–Kier alpha value is -2.40. The average Bonchev–Trinajstić information content (AvgIpc) is 2.58. The Labute approximate surface area is 156 Å². The van der Waals surface area contributed by atoms with Gasteiger partial charge in [0.15, 0.2) is 0 Å². The summed E-state index contributed by atoms with van der Waals surface area (Å²) in [4.78, 5) is 18.5. The molecular weight excluding hydrogens is 324 g/mol. The Kier molecular flexibility index (Phi) is 6.75. The topological polar surface area (TPSA) is 57.3 Å². The molecule has 2 N–H and O–H groups in total. The molecule has 0 unspecified atom stereocenters. The third-order valence-electron chi connectivity index (χ3n) is 4.08. The van der Waals surface area contributed by atoms with Crippen LogP contribution in [0.4, 0.5) is 11.4 Å². The molecule has 0 aliphatic rings. The number of benzene rings is 1. The van der Waals surface area contributed by atoms with Crippen LogP contribution in [0.15, 0.2) is 42.6 Å². The Morgan fingerprint density at radius 2 is 1.85 bits per heavy atom. The number of pyridine rings is 1. The second-order valence-electron chi connectivity index (χ2n) is 7.77. The summed E-state index contributed by atoms with van der Waals surface area (Å²) < 4.78 is 0. The number of aromatic nitrogens is 1. The molecule has 0 aliphatic carbocycles. The normalized spacial score (nSPS) is 11.5. The summed E-state index contributed by atoms with van der Waals surface area (Å²) in [5, 5.41) is 6.31. The van der Waals surface area contributed by atoms with E-state index >= 15 is 0 Å². The Morgan fingerprint density at radius 3 is 2.46 bits per heavy atom. The quantitative estimate of drug-likeness (QED) is 0.743. The maximum Gasteiger partial charge on any atom is 0.269 e. The first-order valence-corrected chi connectivity index (χ1v) is 9.03. The molecule has 2 rings (SSSR count). The minimum absolute atomic E-state index is 0.0450. The number of anilines is 2. The molecule has 1 amide bonds. The maximum atomic E-state index is 12.1. The summed E-state index contributed by atoms with van der Waals surface area (Å²) >= 11 is 0. The summed E-state index contributed by atoms with van der Waals surface area (Å²) in [7, 11) is 4.04. The van der Waals surface area contributed by atoms with Crippen molar-refractivity contribution in [2.24, 2.45) is 0 Å². The highest BCUT2D eigenvalue weighted by atomic mass is 16.1. The number of amides is 1. The second-order valence-corrected chi connectivity index (χ2v) is 7.77. The number of para-hydroxylation sites is 1. The lowest BCUT2D eigenvalue weighted by molar-refractivity contribution is 0.0947. The predicted molar refractivity (Wildman–Crippen MR) is 108 cm³/mol. The molecule has 1 aromatic carbocycles. The maximum absolute atomic E-state index is 12.1. The van der Waals surface area contributed by atoms with E-state index in [1.165, 1.54) is 5.56 Å². The first-order chi connectivity index (χ1) is 12.3. The van der Waals surface area contributed by atoms with Gasteiger partial charge in [-0.05, 0) is 56.2 Å². The Balaban J connectivity index is 1.99. The van der Waals surface area contributed by atoms with Crippen LogP contribution in [0.1, 0.15) is 43.2 Å². The molecule has 1 aromatic heterocycles. The van der Waals surface area contributed by atoms with E-state index in [1.807, 2.05) is 32.3 Å². The minimum atomic E-state index is -0.134. The van der Waals surface area contributed by atoms with E-state index in [1.54, 1.807) is 12.3 Å². The number of carbonyl (C=O) groups is 1. The molecular formula is C21H30N4O. The van der Waals surface area contributed by atoms with Crippen LogP contribution in [0.2, 0.25) is 0 Å². The number of nitrogens with zero attached hydrogens (tertiary/aromatic N) is 2. The third-order valence-corrected chi connectivity index (χ3v) is 4.08. The van der Waals surface area contributed by atoms with Crippen molar-refractivity contribution >= 4 is 17.3 Å². The van der Waals surface area contributed by atoms with Gasteiger partial charge in [0.2, 0.25) is 0 Å². The van der Waals surface area contributed by atoms with Crippen molar-refractivity contribution < 1.29 is 4.79 Å². The lowest BCUT2D eigenvalue weighted by atomic mass is 9.86. The highest BCUT2D eigenvalue weighted by molar-refractivity contribution is 5.92. The van der Waals surface area contributed by atoms with E-state index in [4.69, 9.17) is 0 Å². The van der Waals surface area contributed by atoms with Gasteiger partial charge < -0.3 is 15.5 Å². The first kappa shape index (κ1) is 19.9. The number of hydrogen-bond donors (Lipinski definition) is 2. The van der Waals surface area contributed by atoms with Crippen LogP contribution in [0.5, 0.6) is 0 Å². The van der Waals surface area contributed by atoms with Gasteiger partial charge in [-0.25, -0.2) is 4.98 Å². The highest BCUT2D eigenvalue weighted by Gasteiger charge is 2.17. The van der Waals surface area contributed by atoms with E-state index in [2.05, 4.69) is 53.4 Å². The van der Waals surface area contributed by atoms with Crippen LogP contribution in [0.3, 0.4) is 0 Å². The molecule has 0 saturated carbocycles. The molecule has 140 valence electrons. The largest absolute Gasteiger partial charge is 0.354 e. The number of nitrogens with one attached hydrogen (secondary N) is 2. The standard InChI is InChI=1S/C21H30N4O/c1-21(2,3)17-9-6-7-10-18(17)24-16-11-12-19(23-15-16)20(26)22-13-8-14-25(4)5/h6-7,9-12,15,24H,8,13-14H2,1-5H3,(H,22,26). The van der Waals surface area contributed by atoms with Crippen molar-refractivity contribution in [2.45, 2.75) is 32.6 Å². The van der Waals surface area contributed by atoms with Crippen molar-refractivity contribution in [2.75, 3.05) is 32.5 Å². The third kappa shape index (κ3) is 5.85. The van der Waals surface area contributed by atoms with E-state index < -0.39 is 0 Å². The number of rotatable bonds is 7. The molecule has 0 saturated heterocycles. The van der Waals surface area contributed by atoms with Gasteiger partial charge >= 0.3 is 0 Å². The fourth-order valence-electron chi connectivity index (χ4n) is 2.69.